The van der Waals surface area contributed by atoms with Crippen molar-refractivity contribution in [2.45, 2.75) is 30.6 Å². The van der Waals surface area contributed by atoms with Gasteiger partial charge in [0.25, 0.3) is 15.9 Å². The number of pyridine rings is 1. The number of hydrogen-bond donors (Lipinski definition) is 2. The summed E-state index contributed by atoms with van der Waals surface area (Å²) in [6, 6.07) is 7.65. The molecule has 142 valence electrons. The van der Waals surface area contributed by atoms with Crippen LogP contribution in [0.4, 0.5) is 5.69 Å². The van der Waals surface area contributed by atoms with Crippen LogP contribution in [0.5, 0.6) is 0 Å². The van der Waals surface area contributed by atoms with Crippen molar-refractivity contribution >= 4 is 43.4 Å². The Kier molecular flexibility index (Phi) is 6.22. The average molecular weight is 451 g/mol. The quantitative estimate of drug-likeness (QED) is 0.745. The van der Waals surface area contributed by atoms with Crippen LogP contribution >= 0.6 is 15.9 Å². The number of aliphatic imine (C=N–C) groups is 1. The minimum Gasteiger partial charge on any atom is -0.322 e. The zero-order valence-electron chi connectivity index (χ0n) is 14.5. The topological polar surface area (TPSA) is 101 Å². The van der Waals surface area contributed by atoms with Gasteiger partial charge in [0, 0.05) is 35.5 Å². The number of benzene rings is 1. The Morgan fingerprint density at radius 2 is 1.85 bits per heavy atom. The lowest BCUT2D eigenvalue weighted by molar-refractivity contribution is 0.102. The predicted octanol–water partition coefficient (Wildman–Crippen LogP) is 3.35. The molecule has 0 saturated heterocycles. The molecular weight excluding hydrogens is 432 g/mol. The average Bonchev–Trinajstić information content (AvgIpc) is 2.90. The second kappa shape index (κ2) is 8.62. The minimum absolute atomic E-state index is 0.122. The van der Waals surface area contributed by atoms with E-state index in [0.717, 1.165) is 19.3 Å². The molecule has 0 fully saturated rings. The van der Waals surface area contributed by atoms with Crippen LogP contribution in [-0.2, 0) is 10.0 Å². The maximum atomic E-state index is 12.5. The smallest absolute Gasteiger partial charge is 0.262 e. The van der Waals surface area contributed by atoms with Gasteiger partial charge in [-0.25, -0.2) is 8.42 Å². The number of aromatic nitrogens is 1. The van der Waals surface area contributed by atoms with Gasteiger partial charge in [0.2, 0.25) is 0 Å². The van der Waals surface area contributed by atoms with Gasteiger partial charge < -0.3 is 5.32 Å². The van der Waals surface area contributed by atoms with E-state index in [-0.39, 0.29) is 10.8 Å². The van der Waals surface area contributed by atoms with Gasteiger partial charge in [0.05, 0.1) is 10.5 Å². The fourth-order valence-electron chi connectivity index (χ4n) is 2.63. The number of halogens is 1. The van der Waals surface area contributed by atoms with Crippen molar-refractivity contribution in [1.82, 2.24) is 9.71 Å². The lowest BCUT2D eigenvalue weighted by Crippen LogP contribution is -2.30. The summed E-state index contributed by atoms with van der Waals surface area (Å²) in [5.41, 5.74) is 0.889. The summed E-state index contributed by atoms with van der Waals surface area (Å²) in [6.45, 7) is 0.646. The van der Waals surface area contributed by atoms with Crippen molar-refractivity contribution in [3.05, 3.63) is 52.8 Å². The number of rotatable bonds is 4. The molecule has 0 aliphatic carbocycles. The van der Waals surface area contributed by atoms with Crippen LogP contribution in [-0.4, -0.2) is 31.7 Å². The first-order valence-electron chi connectivity index (χ1n) is 8.52. The second-order valence-corrected chi connectivity index (χ2v) is 8.71. The summed E-state index contributed by atoms with van der Waals surface area (Å²) >= 11 is 3.27. The Morgan fingerprint density at radius 3 is 2.59 bits per heavy atom. The standard InChI is InChI=1S/C18H19BrN4O3S/c19-14-10-13(11-20-12-14)18(24)22-15-5-7-16(8-6-15)27(25,26)23-17-4-2-1-3-9-21-17/h5-8,10-12H,1-4,9H2,(H,21,23)(H,22,24). The first-order valence-corrected chi connectivity index (χ1v) is 10.8. The monoisotopic (exact) mass is 450 g/mol. The molecule has 0 bridgehead atoms. The largest absolute Gasteiger partial charge is 0.322 e. The Bertz CT molecular complexity index is 959. The molecule has 1 aliphatic rings. The summed E-state index contributed by atoms with van der Waals surface area (Å²) in [5, 5.41) is 2.72. The molecule has 1 aliphatic heterocycles. The van der Waals surface area contributed by atoms with Gasteiger partial charge in [0.15, 0.2) is 0 Å². The van der Waals surface area contributed by atoms with Gasteiger partial charge in [-0.2, -0.15) is 0 Å². The van der Waals surface area contributed by atoms with Crippen molar-refractivity contribution in [2.24, 2.45) is 4.99 Å². The van der Waals surface area contributed by atoms with Crippen LogP contribution in [0.3, 0.4) is 0 Å². The molecule has 0 radical (unpaired) electrons. The Balaban J connectivity index is 1.69. The number of amidine groups is 1. The Hall–Kier alpha value is -2.26. The molecule has 9 heteroatoms. The van der Waals surface area contributed by atoms with Crippen molar-refractivity contribution < 1.29 is 13.2 Å². The number of nitrogens with one attached hydrogen (secondary N) is 2. The third-order valence-electron chi connectivity index (χ3n) is 4.02. The Labute approximate surface area is 166 Å². The highest BCUT2D eigenvalue weighted by molar-refractivity contribution is 9.10. The van der Waals surface area contributed by atoms with E-state index in [1.807, 2.05) is 0 Å². The number of amides is 1. The molecule has 0 unspecified atom stereocenters. The fourth-order valence-corrected chi connectivity index (χ4v) is 4.08. The summed E-state index contributed by atoms with van der Waals surface area (Å²) in [7, 11) is -3.69. The zero-order chi connectivity index (χ0) is 19.3. The van der Waals surface area contributed by atoms with Crippen molar-refractivity contribution in [3.63, 3.8) is 0 Å². The lowest BCUT2D eigenvalue weighted by Gasteiger charge is -2.10. The molecule has 2 aromatic rings. The molecule has 0 atom stereocenters. The van der Waals surface area contributed by atoms with E-state index < -0.39 is 10.0 Å². The van der Waals surface area contributed by atoms with Crippen LogP contribution < -0.4 is 10.0 Å². The maximum Gasteiger partial charge on any atom is 0.262 e. The lowest BCUT2D eigenvalue weighted by atomic mass is 10.2. The highest BCUT2D eigenvalue weighted by Crippen LogP contribution is 2.17. The van der Waals surface area contributed by atoms with Crippen molar-refractivity contribution in [3.8, 4) is 0 Å². The Morgan fingerprint density at radius 1 is 1.07 bits per heavy atom. The summed E-state index contributed by atoms with van der Waals surface area (Å²) in [5.74, 6) is 0.178. The molecule has 1 aromatic heterocycles. The maximum absolute atomic E-state index is 12.5. The number of sulfonamides is 1. The third-order valence-corrected chi connectivity index (χ3v) is 5.85. The van der Waals surface area contributed by atoms with E-state index in [9.17, 15) is 13.2 Å². The molecule has 27 heavy (non-hydrogen) atoms. The molecule has 0 saturated carbocycles. The summed E-state index contributed by atoms with van der Waals surface area (Å²) in [6.07, 6.45) is 6.63. The van der Waals surface area contributed by atoms with Crippen LogP contribution in [0.1, 0.15) is 36.0 Å². The predicted molar refractivity (Wildman–Crippen MR) is 107 cm³/mol. The van der Waals surface area contributed by atoms with Crippen molar-refractivity contribution in [1.29, 1.82) is 0 Å². The molecule has 7 nitrogen and oxygen atoms in total. The SMILES string of the molecule is O=C(Nc1ccc(S(=O)(=O)NC2=NCCCCC2)cc1)c1cncc(Br)c1. The van der Waals surface area contributed by atoms with Crippen LogP contribution in [0.15, 0.2) is 57.1 Å². The highest BCUT2D eigenvalue weighted by Gasteiger charge is 2.17. The van der Waals surface area contributed by atoms with Gasteiger partial charge in [0.1, 0.15) is 5.84 Å². The van der Waals surface area contributed by atoms with E-state index >= 15 is 0 Å². The fraction of sp³-hybridized carbons (Fsp3) is 0.278. The number of nitrogens with zero attached hydrogens (tertiary/aromatic N) is 2. The van der Waals surface area contributed by atoms with Crippen LogP contribution in [0.25, 0.3) is 0 Å². The number of carbonyl (C=O) groups excluding carboxylic acids is 1. The van der Waals surface area contributed by atoms with E-state index in [2.05, 4.69) is 35.9 Å². The molecule has 2 N–H and O–H groups in total. The third kappa shape index (κ3) is 5.36. The van der Waals surface area contributed by atoms with Crippen molar-refractivity contribution in [2.75, 3.05) is 11.9 Å². The van der Waals surface area contributed by atoms with E-state index in [0.29, 0.717) is 34.5 Å². The summed E-state index contributed by atoms with van der Waals surface area (Å²) in [4.78, 5) is 20.6. The molecule has 3 rings (SSSR count). The van der Waals surface area contributed by atoms with Crippen LogP contribution in [0.2, 0.25) is 0 Å². The van der Waals surface area contributed by atoms with E-state index in [1.54, 1.807) is 24.4 Å². The minimum atomic E-state index is -3.69. The molecule has 1 aromatic carbocycles. The summed E-state index contributed by atoms with van der Waals surface area (Å²) < 4.78 is 28.3. The normalized spacial score (nSPS) is 14.8. The van der Waals surface area contributed by atoms with E-state index in [4.69, 9.17) is 0 Å². The number of carbonyl (C=O) groups is 1. The first kappa shape index (κ1) is 19.5. The van der Waals surface area contributed by atoms with Gasteiger partial charge >= 0.3 is 0 Å². The van der Waals surface area contributed by atoms with Crippen LogP contribution in [0, 0.1) is 0 Å². The second-order valence-electron chi connectivity index (χ2n) is 6.11. The first-order chi connectivity index (χ1) is 12.9. The number of anilines is 1. The number of hydrogen-bond acceptors (Lipinski definition) is 5. The molecule has 1 amide bonds. The zero-order valence-corrected chi connectivity index (χ0v) is 16.9. The highest BCUT2D eigenvalue weighted by atomic mass is 79.9. The van der Waals surface area contributed by atoms with Gasteiger partial charge in [-0.3, -0.25) is 19.5 Å². The molecule has 0 spiro atoms. The molecular formula is C18H19BrN4O3S. The van der Waals surface area contributed by atoms with Gasteiger partial charge in [-0.1, -0.05) is 6.42 Å². The van der Waals surface area contributed by atoms with Gasteiger partial charge in [-0.15, -0.1) is 0 Å². The molecule has 2 heterocycles. The van der Waals surface area contributed by atoms with E-state index in [1.165, 1.54) is 18.3 Å². The van der Waals surface area contributed by atoms with Gasteiger partial charge in [-0.05, 0) is 59.1 Å².